The normalized spacial score (nSPS) is 18.6. The Hall–Kier alpha value is -0.820. The molecule has 0 aromatic heterocycles. The highest BCUT2D eigenvalue weighted by atomic mass is 14.9. The van der Waals surface area contributed by atoms with E-state index >= 15 is 0 Å². The molecule has 1 fully saturated rings. The van der Waals surface area contributed by atoms with Gasteiger partial charge in [0.25, 0.3) is 0 Å². The van der Waals surface area contributed by atoms with Crippen LogP contribution in [0, 0.1) is 26.7 Å². The summed E-state index contributed by atoms with van der Waals surface area (Å²) in [6.45, 7) is 6.68. The number of rotatable bonds is 3. The van der Waals surface area contributed by atoms with E-state index in [4.69, 9.17) is 0 Å². The van der Waals surface area contributed by atoms with Crippen molar-refractivity contribution < 1.29 is 0 Å². The third kappa shape index (κ3) is 2.55. The van der Waals surface area contributed by atoms with Gasteiger partial charge in [0.2, 0.25) is 0 Å². The highest BCUT2D eigenvalue weighted by Gasteiger charge is 2.26. The van der Waals surface area contributed by atoms with Crippen LogP contribution in [0.1, 0.15) is 54.0 Å². The number of benzene rings is 1. The summed E-state index contributed by atoms with van der Waals surface area (Å²) >= 11 is 0. The zero-order chi connectivity index (χ0) is 12.4. The van der Waals surface area contributed by atoms with Gasteiger partial charge in [0.1, 0.15) is 0 Å². The molecule has 1 unspecified atom stereocenters. The van der Waals surface area contributed by atoms with E-state index in [1.807, 2.05) is 0 Å². The van der Waals surface area contributed by atoms with Gasteiger partial charge in [-0.2, -0.15) is 0 Å². The molecule has 1 atom stereocenters. The van der Waals surface area contributed by atoms with Crippen LogP contribution in [-0.2, 0) is 0 Å². The molecular formula is C16H25N. The first-order chi connectivity index (χ1) is 8.13. The molecule has 0 spiro atoms. The average molecular weight is 231 g/mol. The summed E-state index contributed by atoms with van der Waals surface area (Å²) in [4.78, 5) is 0. The van der Waals surface area contributed by atoms with Crippen LogP contribution >= 0.6 is 0 Å². The van der Waals surface area contributed by atoms with E-state index < -0.39 is 0 Å². The molecule has 1 aliphatic rings. The maximum atomic E-state index is 3.55. The molecule has 0 bridgehead atoms. The average Bonchev–Trinajstić information content (AvgIpc) is 2.80. The third-order valence-electron chi connectivity index (χ3n) is 4.40. The predicted octanol–water partition coefficient (Wildman–Crippen LogP) is 4.06. The Morgan fingerprint density at radius 3 is 2.18 bits per heavy atom. The van der Waals surface area contributed by atoms with Crippen LogP contribution < -0.4 is 5.32 Å². The number of aryl methyl sites for hydroxylation is 3. The first kappa shape index (κ1) is 12.6. The molecular weight excluding hydrogens is 206 g/mol. The Bertz CT molecular complexity index is 389. The number of hydrogen-bond acceptors (Lipinski definition) is 1. The molecule has 94 valence electrons. The van der Waals surface area contributed by atoms with Gasteiger partial charge in [0, 0.05) is 6.04 Å². The molecule has 1 heteroatoms. The third-order valence-corrected chi connectivity index (χ3v) is 4.40. The van der Waals surface area contributed by atoms with E-state index in [0.29, 0.717) is 6.04 Å². The van der Waals surface area contributed by atoms with Gasteiger partial charge in [0.05, 0.1) is 0 Å². The van der Waals surface area contributed by atoms with Crippen molar-refractivity contribution in [2.75, 3.05) is 7.05 Å². The van der Waals surface area contributed by atoms with Gasteiger partial charge in [0.15, 0.2) is 0 Å². The van der Waals surface area contributed by atoms with Crippen LogP contribution in [0.2, 0.25) is 0 Å². The van der Waals surface area contributed by atoms with Crippen molar-refractivity contribution in [2.45, 2.75) is 52.5 Å². The fourth-order valence-corrected chi connectivity index (χ4v) is 3.25. The van der Waals surface area contributed by atoms with E-state index in [9.17, 15) is 0 Å². The molecule has 2 rings (SSSR count). The Kier molecular flexibility index (Phi) is 3.88. The van der Waals surface area contributed by atoms with Crippen LogP contribution in [0.5, 0.6) is 0 Å². The monoisotopic (exact) mass is 231 g/mol. The van der Waals surface area contributed by atoms with Crippen molar-refractivity contribution in [2.24, 2.45) is 5.92 Å². The first-order valence-corrected chi connectivity index (χ1v) is 6.88. The topological polar surface area (TPSA) is 12.0 Å². The van der Waals surface area contributed by atoms with Crippen molar-refractivity contribution in [3.8, 4) is 0 Å². The summed E-state index contributed by atoms with van der Waals surface area (Å²) in [6, 6.07) is 5.28. The van der Waals surface area contributed by atoms with Crippen LogP contribution in [-0.4, -0.2) is 7.05 Å². The summed E-state index contributed by atoms with van der Waals surface area (Å²) < 4.78 is 0. The second-order valence-corrected chi connectivity index (χ2v) is 5.60. The van der Waals surface area contributed by atoms with Gasteiger partial charge < -0.3 is 5.32 Å². The molecule has 0 heterocycles. The van der Waals surface area contributed by atoms with Gasteiger partial charge >= 0.3 is 0 Å². The molecule has 1 N–H and O–H groups in total. The van der Waals surface area contributed by atoms with Crippen molar-refractivity contribution in [1.29, 1.82) is 0 Å². The van der Waals surface area contributed by atoms with Crippen molar-refractivity contribution in [1.82, 2.24) is 5.32 Å². The minimum Gasteiger partial charge on any atom is -0.313 e. The lowest BCUT2D eigenvalue weighted by Crippen LogP contribution is -2.24. The lowest BCUT2D eigenvalue weighted by molar-refractivity contribution is 0.389. The van der Waals surface area contributed by atoms with Crippen LogP contribution in [0.25, 0.3) is 0 Å². The van der Waals surface area contributed by atoms with Gasteiger partial charge in [-0.3, -0.25) is 0 Å². The van der Waals surface area contributed by atoms with E-state index in [-0.39, 0.29) is 0 Å². The molecule has 1 aliphatic carbocycles. The van der Waals surface area contributed by atoms with Crippen molar-refractivity contribution >= 4 is 0 Å². The minimum atomic E-state index is 0.553. The van der Waals surface area contributed by atoms with E-state index in [0.717, 1.165) is 5.92 Å². The van der Waals surface area contributed by atoms with Gasteiger partial charge in [-0.15, -0.1) is 0 Å². The zero-order valence-corrected chi connectivity index (χ0v) is 11.6. The molecule has 0 amide bonds. The van der Waals surface area contributed by atoms with Crippen LogP contribution in [0.3, 0.4) is 0 Å². The van der Waals surface area contributed by atoms with Gasteiger partial charge in [-0.25, -0.2) is 0 Å². The summed E-state index contributed by atoms with van der Waals surface area (Å²) in [6.07, 6.45) is 5.59. The maximum absolute atomic E-state index is 3.55. The maximum Gasteiger partial charge on any atom is 0.0348 e. The van der Waals surface area contributed by atoms with Crippen molar-refractivity contribution in [3.05, 3.63) is 34.4 Å². The molecule has 17 heavy (non-hydrogen) atoms. The highest BCUT2D eigenvalue weighted by Crippen LogP contribution is 2.37. The summed E-state index contributed by atoms with van der Waals surface area (Å²) in [5, 5.41) is 3.55. The SMILES string of the molecule is CNC(c1cc(C)c(C)cc1C)C1CCCC1. The first-order valence-electron chi connectivity index (χ1n) is 6.88. The molecule has 1 saturated carbocycles. The predicted molar refractivity (Wildman–Crippen MR) is 74.4 cm³/mol. The van der Waals surface area contributed by atoms with Crippen molar-refractivity contribution in [3.63, 3.8) is 0 Å². The number of nitrogens with one attached hydrogen (secondary N) is 1. The molecule has 1 aromatic rings. The fraction of sp³-hybridized carbons (Fsp3) is 0.625. The summed E-state index contributed by atoms with van der Waals surface area (Å²) in [7, 11) is 2.11. The smallest absolute Gasteiger partial charge is 0.0348 e. The molecule has 1 nitrogen and oxygen atoms in total. The Morgan fingerprint density at radius 2 is 1.59 bits per heavy atom. The second-order valence-electron chi connectivity index (χ2n) is 5.60. The molecule has 1 aromatic carbocycles. The lowest BCUT2D eigenvalue weighted by atomic mass is 9.87. The Labute approximate surface area is 106 Å². The number of hydrogen-bond donors (Lipinski definition) is 1. The summed E-state index contributed by atoms with van der Waals surface area (Å²) in [5.74, 6) is 0.834. The van der Waals surface area contributed by atoms with Crippen LogP contribution in [0.15, 0.2) is 12.1 Å². The largest absolute Gasteiger partial charge is 0.313 e. The van der Waals surface area contributed by atoms with E-state index in [2.05, 4.69) is 45.3 Å². The van der Waals surface area contributed by atoms with E-state index in [1.165, 1.54) is 47.9 Å². The molecule has 0 radical (unpaired) electrons. The van der Waals surface area contributed by atoms with Crippen LogP contribution in [0.4, 0.5) is 0 Å². The summed E-state index contributed by atoms with van der Waals surface area (Å²) in [5.41, 5.74) is 5.79. The quantitative estimate of drug-likeness (QED) is 0.827. The standard InChI is InChI=1S/C16H25N/c1-11-9-13(3)15(10-12(11)2)16(17-4)14-7-5-6-8-14/h9-10,14,16-17H,5-8H2,1-4H3. The zero-order valence-electron chi connectivity index (χ0n) is 11.6. The Balaban J connectivity index is 2.32. The van der Waals surface area contributed by atoms with Gasteiger partial charge in [-0.05, 0) is 68.8 Å². The molecule has 0 saturated heterocycles. The fourth-order valence-electron chi connectivity index (χ4n) is 3.25. The minimum absolute atomic E-state index is 0.553. The highest BCUT2D eigenvalue weighted by molar-refractivity contribution is 5.38. The second kappa shape index (κ2) is 5.22. The molecule has 0 aliphatic heterocycles. The van der Waals surface area contributed by atoms with Gasteiger partial charge in [-0.1, -0.05) is 25.0 Å². The lowest BCUT2D eigenvalue weighted by Gasteiger charge is -2.26. The Morgan fingerprint density at radius 1 is 1.00 bits per heavy atom. The van der Waals surface area contributed by atoms with E-state index in [1.54, 1.807) is 0 Å².